The molecule has 0 fully saturated rings. The molecule has 6 heteroatoms. The standard InChI is InChI=1S/C18H17N3O3/c1-20-11-16(14-9-19-21(10-14)12-18(23)24-2)15(8-17(20)22)13-6-4-3-5-7-13/h3-11H,12H2,1-2H3. The van der Waals surface area contributed by atoms with Crippen molar-refractivity contribution in [1.29, 1.82) is 0 Å². The molecule has 0 aliphatic heterocycles. The first-order chi connectivity index (χ1) is 11.6. The molecule has 0 spiro atoms. The average molecular weight is 323 g/mol. The third kappa shape index (κ3) is 3.12. The van der Waals surface area contributed by atoms with Crippen molar-refractivity contribution >= 4 is 5.97 Å². The van der Waals surface area contributed by atoms with Gasteiger partial charge in [-0.3, -0.25) is 14.3 Å². The third-order valence-corrected chi connectivity index (χ3v) is 3.78. The van der Waals surface area contributed by atoms with Crippen LogP contribution in [0, 0.1) is 0 Å². The second-order valence-corrected chi connectivity index (χ2v) is 5.42. The molecule has 0 radical (unpaired) electrons. The van der Waals surface area contributed by atoms with Crippen LogP contribution < -0.4 is 5.56 Å². The average Bonchev–Trinajstić information content (AvgIpc) is 3.05. The van der Waals surface area contributed by atoms with Gasteiger partial charge >= 0.3 is 5.97 Å². The Labute approximate surface area is 138 Å². The van der Waals surface area contributed by atoms with Crippen molar-refractivity contribution in [3.8, 4) is 22.3 Å². The molecule has 0 saturated carbocycles. The topological polar surface area (TPSA) is 66.1 Å². The molecule has 3 rings (SSSR count). The van der Waals surface area contributed by atoms with E-state index in [2.05, 4.69) is 9.84 Å². The number of aryl methyl sites for hydroxylation is 1. The molecule has 0 atom stereocenters. The molecular weight excluding hydrogens is 306 g/mol. The summed E-state index contributed by atoms with van der Waals surface area (Å²) >= 11 is 0. The van der Waals surface area contributed by atoms with Gasteiger partial charge in [-0.15, -0.1) is 0 Å². The molecule has 0 amide bonds. The van der Waals surface area contributed by atoms with E-state index < -0.39 is 0 Å². The summed E-state index contributed by atoms with van der Waals surface area (Å²) in [5.74, 6) is -0.367. The number of hydrogen-bond donors (Lipinski definition) is 0. The number of rotatable bonds is 4. The van der Waals surface area contributed by atoms with Gasteiger partial charge in [0.15, 0.2) is 0 Å². The number of aromatic nitrogens is 3. The molecule has 2 heterocycles. The van der Waals surface area contributed by atoms with E-state index in [1.54, 1.807) is 31.7 Å². The zero-order valence-corrected chi connectivity index (χ0v) is 13.5. The summed E-state index contributed by atoms with van der Waals surface area (Å²) < 4.78 is 7.69. The maximum Gasteiger partial charge on any atom is 0.327 e. The molecule has 0 N–H and O–H groups in total. The second-order valence-electron chi connectivity index (χ2n) is 5.42. The van der Waals surface area contributed by atoms with E-state index >= 15 is 0 Å². The highest BCUT2D eigenvalue weighted by Crippen LogP contribution is 2.30. The molecule has 0 aliphatic carbocycles. The molecule has 1 aromatic carbocycles. The van der Waals surface area contributed by atoms with Crippen LogP contribution in [0.3, 0.4) is 0 Å². The predicted molar refractivity (Wildman–Crippen MR) is 90.4 cm³/mol. The van der Waals surface area contributed by atoms with Crippen LogP contribution in [0.15, 0.2) is 59.8 Å². The molecule has 3 aromatic rings. The molecule has 6 nitrogen and oxygen atoms in total. The Bertz CT molecular complexity index is 926. The van der Waals surface area contributed by atoms with Crippen LogP contribution in [0.1, 0.15) is 0 Å². The number of carbonyl (C=O) groups is 1. The maximum atomic E-state index is 12.1. The lowest BCUT2D eigenvalue weighted by Gasteiger charge is -2.10. The van der Waals surface area contributed by atoms with E-state index in [-0.39, 0.29) is 18.1 Å². The number of esters is 1. The van der Waals surface area contributed by atoms with E-state index in [0.29, 0.717) is 0 Å². The van der Waals surface area contributed by atoms with Crippen molar-refractivity contribution < 1.29 is 9.53 Å². The van der Waals surface area contributed by atoms with Crippen LogP contribution in [-0.4, -0.2) is 27.4 Å². The number of nitrogens with zero attached hydrogens (tertiary/aromatic N) is 3. The fraction of sp³-hybridized carbons (Fsp3) is 0.167. The quantitative estimate of drug-likeness (QED) is 0.690. The molecule has 2 aromatic heterocycles. The Kier molecular flexibility index (Phi) is 4.29. The lowest BCUT2D eigenvalue weighted by atomic mass is 9.98. The van der Waals surface area contributed by atoms with E-state index in [4.69, 9.17) is 0 Å². The zero-order chi connectivity index (χ0) is 17.1. The lowest BCUT2D eigenvalue weighted by molar-refractivity contribution is -0.141. The van der Waals surface area contributed by atoms with Crippen LogP contribution in [0.25, 0.3) is 22.3 Å². The van der Waals surface area contributed by atoms with Gasteiger partial charge in [-0.05, 0) is 11.1 Å². The number of hydrogen-bond acceptors (Lipinski definition) is 4. The number of methoxy groups -OCH3 is 1. The Balaban J connectivity index is 2.09. The van der Waals surface area contributed by atoms with Gasteiger partial charge in [-0.25, -0.2) is 0 Å². The van der Waals surface area contributed by atoms with Gasteiger partial charge in [-0.2, -0.15) is 5.10 Å². The summed E-state index contributed by atoms with van der Waals surface area (Å²) in [6.45, 7) is 0.0446. The zero-order valence-electron chi connectivity index (χ0n) is 13.5. The van der Waals surface area contributed by atoms with E-state index in [1.165, 1.54) is 16.4 Å². The Morgan fingerprint density at radius 1 is 1.12 bits per heavy atom. The Hall–Kier alpha value is -3.15. The molecule has 0 bridgehead atoms. The highest BCUT2D eigenvalue weighted by molar-refractivity contribution is 5.82. The van der Waals surface area contributed by atoms with E-state index in [9.17, 15) is 9.59 Å². The summed E-state index contributed by atoms with van der Waals surface area (Å²) in [6, 6.07) is 11.3. The van der Waals surface area contributed by atoms with Crippen molar-refractivity contribution in [1.82, 2.24) is 14.3 Å². The van der Waals surface area contributed by atoms with Gasteiger partial charge in [0.1, 0.15) is 6.54 Å². The minimum Gasteiger partial charge on any atom is -0.468 e. The minimum absolute atomic E-state index is 0.0446. The molecule has 0 aliphatic rings. The molecule has 122 valence electrons. The monoisotopic (exact) mass is 323 g/mol. The maximum absolute atomic E-state index is 12.1. The molecule has 0 saturated heterocycles. The van der Waals surface area contributed by atoms with Crippen molar-refractivity contribution in [3.05, 3.63) is 65.3 Å². The SMILES string of the molecule is COC(=O)Cn1cc(-c2cn(C)c(=O)cc2-c2ccccc2)cn1. The summed E-state index contributed by atoms with van der Waals surface area (Å²) in [6.07, 6.45) is 5.22. The van der Waals surface area contributed by atoms with E-state index in [0.717, 1.165) is 22.3 Å². The van der Waals surface area contributed by atoms with Crippen LogP contribution in [0.4, 0.5) is 0 Å². The fourth-order valence-corrected chi connectivity index (χ4v) is 2.50. The van der Waals surface area contributed by atoms with Gasteiger partial charge in [0, 0.05) is 36.6 Å². The summed E-state index contributed by atoms with van der Waals surface area (Å²) in [5.41, 5.74) is 3.40. The fourth-order valence-electron chi connectivity index (χ4n) is 2.50. The first-order valence-corrected chi connectivity index (χ1v) is 7.44. The lowest BCUT2D eigenvalue weighted by Crippen LogP contribution is -2.15. The van der Waals surface area contributed by atoms with Gasteiger partial charge in [0.2, 0.25) is 0 Å². The van der Waals surface area contributed by atoms with Crippen LogP contribution >= 0.6 is 0 Å². The number of ether oxygens (including phenoxy) is 1. The minimum atomic E-state index is -0.367. The summed E-state index contributed by atoms with van der Waals surface area (Å²) in [7, 11) is 3.05. The normalized spacial score (nSPS) is 10.6. The van der Waals surface area contributed by atoms with Gasteiger partial charge in [-0.1, -0.05) is 30.3 Å². The molecular formula is C18H17N3O3. The first-order valence-electron chi connectivity index (χ1n) is 7.44. The van der Waals surface area contributed by atoms with Gasteiger partial charge in [0.25, 0.3) is 5.56 Å². The highest BCUT2D eigenvalue weighted by atomic mass is 16.5. The molecule has 24 heavy (non-hydrogen) atoms. The van der Waals surface area contributed by atoms with Gasteiger partial charge < -0.3 is 9.30 Å². The highest BCUT2D eigenvalue weighted by Gasteiger charge is 2.12. The van der Waals surface area contributed by atoms with Gasteiger partial charge in [0.05, 0.1) is 13.3 Å². The smallest absolute Gasteiger partial charge is 0.327 e. The number of pyridine rings is 1. The number of benzene rings is 1. The summed E-state index contributed by atoms with van der Waals surface area (Å²) in [4.78, 5) is 23.5. The van der Waals surface area contributed by atoms with Crippen LogP contribution in [0.2, 0.25) is 0 Å². The van der Waals surface area contributed by atoms with Crippen molar-refractivity contribution in [2.45, 2.75) is 6.54 Å². The number of carbonyl (C=O) groups excluding carboxylic acids is 1. The second kappa shape index (κ2) is 6.54. The predicted octanol–water partition coefficient (Wildman–Crippen LogP) is 2.09. The van der Waals surface area contributed by atoms with Crippen LogP contribution in [-0.2, 0) is 23.1 Å². The molecule has 0 unspecified atom stereocenters. The third-order valence-electron chi connectivity index (χ3n) is 3.78. The Morgan fingerprint density at radius 3 is 2.58 bits per heavy atom. The van der Waals surface area contributed by atoms with Crippen molar-refractivity contribution in [3.63, 3.8) is 0 Å². The Morgan fingerprint density at radius 2 is 1.88 bits per heavy atom. The first kappa shape index (κ1) is 15.7. The van der Waals surface area contributed by atoms with E-state index in [1.807, 2.05) is 30.3 Å². The van der Waals surface area contributed by atoms with Crippen LogP contribution in [0.5, 0.6) is 0 Å². The summed E-state index contributed by atoms with van der Waals surface area (Å²) in [5, 5.41) is 4.20. The van der Waals surface area contributed by atoms with Crippen molar-refractivity contribution in [2.75, 3.05) is 7.11 Å². The largest absolute Gasteiger partial charge is 0.468 e. The van der Waals surface area contributed by atoms with Crippen molar-refractivity contribution in [2.24, 2.45) is 7.05 Å².